The number of likely N-dealkylation sites (tertiary alicyclic amines) is 1. The number of rotatable bonds is 3. The van der Waals surface area contributed by atoms with Crippen molar-refractivity contribution in [2.75, 3.05) is 25.5 Å². The molecule has 2 heterocycles. The fraction of sp³-hybridized carbons (Fsp3) is 0.583. The summed E-state index contributed by atoms with van der Waals surface area (Å²) in [6.45, 7) is 4.13. The number of aryl methyl sites for hydroxylation is 1. The largest absolute Gasteiger partial charge is 0.388 e. The summed E-state index contributed by atoms with van der Waals surface area (Å²) in [5, 5.41) is 3.37. The lowest BCUT2D eigenvalue weighted by atomic mass is 10.1. The van der Waals surface area contributed by atoms with Crippen molar-refractivity contribution in [2.45, 2.75) is 25.8 Å². The standard InChI is InChI=1S/C12H19N5S/c1-8-7-10(11(13)18)16-12(14-8)15-9-3-5-17(2)6-4-9/h7,9H,3-6H2,1-2H3,(H2,13,18)(H,14,15,16). The van der Waals surface area contributed by atoms with Crippen molar-refractivity contribution < 1.29 is 0 Å². The highest BCUT2D eigenvalue weighted by molar-refractivity contribution is 7.80. The Morgan fingerprint density at radius 2 is 2.11 bits per heavy atom. The molecule has 0 radical (unpaired) electrons. The van der Waals surface area contributed by atoms with Gasteiger partial charge in [0.15, 0.2) is 0 Å². The van der Waals surface area contributed by atoms with Crippen molar-refractivity contribution in [1.29, 1.82) is 0 Å². The van der Waals surface area contributed by atoms with Crippen molar-refractivity contribution >= 4 is 23.2 Å². The third kappa shape index (κ3) is 3.36. The van der Waals surface area contributed by atoms with Gasteiger partial charge in [-0.3, -0.25) is 0 Å². The molecule has 0 aromatic carbocycles. The first kappa shape index (κ1) is 13.2. The molecule has 1 aliphatic heterocycles. The summed E-state index contributed by atoms with van der Waals surface area (Å²) in [6.07, 6.45) is 2.21. The van der Waals surface area contributed by atoms with E-state index in [1.807, 2.05) is 13.0 Å². The number of hydrogen-bond donors (Lipinski definition) is 2. The molecule has 2 rings (SSSR count). The van der Waals surface area contributed by atoms with E-state index in [4.69, 9.17) is 18.0 Å². The first-order valence-electron chi connectivity index (χ1n) is 6.15. The molecule has 1 aliphatic rings. The van der Waals surface area contributed by atoms with Gasteiger partial charge in [0, 0.05) is 11.7 Å². The van der Waals surface area contributed by atoms with Crippen LogP contribution in [0.15, 0.2) is 6.07 Å². The highest BCUT2D eigenvalue weighted by Crippen LogP contribution is 2.13. The van der Waals surface area contributed by atoms with Crippen LogP contribution in [0.4, 0.5) is 5.95 Å². The van der Waals surface area contributed by atoms with Crippen molar-refractivity contribution in [2.24, 2.45) is 5.73 Å². The molecule has 1 aromatic rings. The molecular weight excluding hydrogens is 246 g/mol. The fourth-order valence-electron chi connectivity index (χ4n) is 2.09. The topological polar surface area (TPSA) is 67.1 Å². The van der Waals surface area contributed by atoms with Gasteiger partial charge in [0.25, 0.3) is 0 Å². The molecule has 6 heteroatoms. The Balaban J connectivity index is 2.07. The van der Waals surface area contributed by atoms with Crippen LogP contribution in [0.25, 0.3) is 0 Å². The molecule has 0 spiro atoms. The first-order chi connectivity index (χ1) is 8.54. The van der Waals surface area contributed by atoms with Crippen molar-refractivity contribution in [1.82, 2.24) is 14.9 Å². The Morgan fingerprint density at radius 1 is 1.44 bits per heavy atom. The summed E-state index contributed by atoms with van der Waals surface area (Å²) < 4.78 is 0. The van der Waals surface area contributed by atoms with Crippen LogP contribution in [0.5, 0.6) is 0 Å². The lowest BCUT2D eigenvalue weighted by Crippen LogP contribution is -2.37. The smallest absolute Gasteiger partial charge is 0.223 e. The van der Waals surface area contributed by atoms with E-state index in [9.17, 15) is 0 Å². The third-order valence-corrected chi connectivity index (χ3v) is 3.37. The summed E-state index contributed by atoms with van der Waals surface area (Å²) in [4.78, 5) is 11.4. The van der Waals surface area contributed by atoms with Gasteiger partial charge in [0.05, 0.1) is 0 Å². The first-order valence-corrected chi connectivity index (χ1v) is 6.56. The van der Waals surface area contributed by atoms with E-state index in [2.05, 4.69) is 27.2 Å². The van der Waals surface area contributed by atoms with E-state index in [-0.39, 0.29) is 0 Å². The number of piperidine rings is 1. The minimum Gasteiger partial charge on any atom is -0.388 e. The van der Waals surface area contributed by atoms with E-state index in [1.54, 1.807) is 0 Å². The summed E-state index contributed by atoms with van der Waals surface area (Å²) in [6, 6.07) is 2.24. The Labute approximate surface area is 113 Å². The molecule has 98 valence electrons. The lowest BCUT2D eigenvalue weighted by Gasteiger charge is -2.29. The quantitative estimate of drug-likeness (QED) is 0.792. The van der Waals surface area contributed by atoms with Crippen LogP contribution in [0.3, 0.4) is 0 Å². The number of hydrogen-bond acceptors (Lipinski definition) is 5. The monoisotopic (exact) mass is 265 g/mol. The van der Waals surface area contributed by atoms with Crippen LogP contribution in [0, 0.1) is 6.92 Å². The predicted molar refractivity (Wildman–Crippen MR) is 76.8 cm³/mol. The minimum atomic E-state index is 0.312. The van der Waals surface area contributed by atoms with Gasteiger partial charge in [-0.25, -0.2) is 9.97 Å². The highest BCUT2D eigenvalue weighted by Gasteiger charge is 2.17. The SMILES string of the molecule is Cc1cc(C(N)=S)nc(NC2CCN(C)CC2)n1. The Morgan fingerprint density at radius 3 is 2.72 bits per heavy atom. The zero-order valence-electron chi connectivity index (χ0n) is 10.8. The van der Waals surface area contributed by atoms with Gasteiger partial charge in [0.1, 0.15) is 10.7 Å². The minimum absolute atomic E-state index is 0.312. The second kappa shape index (κ2) is 5.58. The molecular formula is C12H19N5S. The molecule has 1 aromatic heterocycles. The van der Waals surface area contributed by atoms with Crippen LogP contribution in [-0.2, 0) is 0 Å². The van der Waals surface area contributed by atoms with Crippen LogP contribution < -0.4 is 11.1 Å². The van der Waals surface area contributed by atoms with E-state index in [1.165, 1.54) is 0 Å². The van der Waals surface area contributed by atoms with Gasteiger partial charge in [-0.15, -0.1) is 0 Å². The van der Waals surface area contributed by atoms with Gasteiger partial charge in [-0.2, -0.15) is 0 Å². The second-order valence-corrected chi connectivity index (χ2v) is 5.24. The molecule has 0 amide bonds. The second-order valence-electron chi connectivity index (χ2n) is 4.80. The molecule has 1 saturated heterocycles. The Kier molecular flexibility index (Phi) is 4.08. The van der Waals surface area contributed by atoms with E-state index in [0.717, 1.165) is 31.6 Å². The van der Waals surface area contributed by atoms with Crippen LogP contribution in [-0.4, -0.2) is 46.0 Å². The zero-order chi connectivity index (χ0) is 13.1. The van der Waals surface area contributed by atoms with Crippen molar-refractivity contribution in [3.63, 3.8) is 0 Å². The van der Waals surface area contributed by atoms with Crippen LogP contribution in [0.2, 0.25) is 0 Å². The van der Waals surface area contributed by atoms with E-state index < -0.39 is 0 Å². The van der Waals surface area contributed by atoms with Gasteiger partial charge >= 0.3 is 0 Å². The molecule has 0 atom stereocenters. The Hall–Kier alpha value is -1.27. The maximum absolute atomic E-state index is 5.61. The number of nitrogens with one attached hydrogen (secondary N) is 1. The molecule has 0 saturated carbocycles. The summed E-state index contributed by atoms with van der Waals surface area (Å²) >= 11 is 4.95. The molecule has 5 nitrogen and oxygen atoms in total. The lowest BCUT2D eigenvalue weighted by molar-refractivity contribution is 0.263. The average molecular weight is 265 g/mol. The molecule has 18 heavy (non-hydrogen) atoms. The normalized spacial score (nSPS) is 17.7. The van der Waals surface area contributed by atoms with Gasteiger partial charge < -0.3 is 16.0 Å². The van der Waals surface area contributed by atoms with Gasteiger partial charge in [-0.1, -0.05) is 12.2 Å². The number of aromatic nitrogens is 2. The summed E-state index contributed by atoms with van der Waals surface area (Å²) in [7, 11) is 2.14. The van der Waals surface area contributed by atoms with Crippen LogP contribution in [0.1, 0.15) is 24.2 Å². The molecule has 3 N–H and O–H groups in total. The number of thiocarbonyl (C=S) groups is 1. The maximum Gasteiger partial charge on any atom is 0.223 e. The van der Waals surface area contributed by atoms with Gasteiger partial charge in [0.2, 0.25) is 5.95 Å². The number of anilines is 1. The molecule has 0 aliphatic carbocycles. The van der Waals surface area contributed by atoms with Gasteiger partial charge in [-0.05, 0) is 46.0 Å². The fourth-order valence-corrected chi connectivity index (χ4v) is 2.20. The maximum atomic E-state index is 5.61. The average Bonchev–Trinajstić information content (AvgIpc) is 2.31. The van der Waals surface area contributed by atoms with Crippen molar-refractivity contribution in [3.8, 4) is 0 Å². The van der Waals surface area contributed by atoms with E-state index in [0.29, 0.717) is 22.7 Å². The molecule has 0 unspecified atom stereocenters. The van der Waals surface area contributed by atoms with Crippen LogP contribution >= 0.6 is 12.2 Å². The summed E-state index contributed by atoms with van der Waals surface area (Å²) in [5.74, 6) is 0.632. The number of nitrogens with zero attached hydrogens (tertiary/aromatic N) is 3. The molecule has 0 bridgehead atoms. The predicted octanol–water partition coefficient (Wildman–Crippen LogP) is 0.925. The zero-order valence-corrected chi connectivity index (χ0v) is 11.6. The highest BCUT2D eigenvalue weighted by atomic mass is 32.1. The third-order valence-electron chi connectivity index (χ3n) is 3.16. The van der Waals surface area contributed by atoms with Crippen molar-refractivity contribution in [3.05, 3.63) is 17.5 Å². The molecule has 1 fully saturated rings. The van der Waals surface area contributed by atoms with E-state index >= 15 is 0 Å². The number of nitrogens with two attached hydrogens (primary N) is 1. The summed E-state index contributed by atoms with van der Waals surface area (Å²) in [5.41, 5.74) is 7.12. The Bertz CT molecular complexity index is 440.